The predicted octanol–water partition coefficient (Wildman–Crippen LogP) is 4.59. The van der Waals surface area contributed by atoms with Crippen molar-refractivity contribution in [3.8, 4) is 0 Å². The molecule has 5 nitrogen and oxygen atoms in total. The number of nitrogens with zero attached hydrogens (tertiary/aromatic N) is 1. The molecule has 1 saturated carbocycles. The molecular formula is C23H25FN2O3. The zero-order chi connectivity index (χ0) is 20.2. The third kappa shape index (κ3) is 4.48. The van der Waals surface area contributed by atoms with Crippen molar-refractivity contribution < 1.29 is 18.7 Å². The quantitative estimate of drug-likeness (QED) is 0.777. The largest absolute Gasteiger partial charge is 0.360 e. The Balaban J connectivity index is 1.51. The number of halogens is 1. The van der Waals surface area contributed by atoms with Crippen molar-refractivity contribution in [2.75, 3.05) is 16.8 Å². The molecule has 4 rings (SSSR count). The Bertz CT molecular complexity index is 881. The van der Waals surface area contributed by atoms with Crippen molar-refractivity contribution in [3.63, 3.8) is 0 Å². The Morgan fingerprint density at radius 2 is 1.86 bits per heavy atom. The Morgan fingerprint density at radius 3 is 2.52 bits per heavy atom. The van der Waals surface area contributed by atoms with Gasteiger partial charge in [-0.05, 0) is 43.0 Å². The van der Waals surface area contributed by atoms with Crippen LogP contribution in [0.3, 0.4) is 0 Å². The zero-order valence-electron chi connectivity index (χ0n) is 16.3. The van der Waals surface area contributed by atoms with Gasteiger partial charge in [-0.3, -0.25) is 9.59 Å². The molecule has 0 spiro atoms. The first-order valence-electron chi connectivity index (χ1n) is 10.2. The minimum atomic E-state index is -0.748. The van der Waals surface area contributed by atoms with Gasteiger partial charge in [-0.25, -0.2) is 4.39 Å². The van der Waals surface area contributed by atoms with Gasteiger partial charge >= 0.3 is 0 Å². The summed E-state index contributed by atoms with van der Waals surface area (Å²) >= 11 is 0. The van der Waals surface area contributed by atoms with Crippen molar-refractivity contribution in [2.24, 2.45) is 0 Å². The number of ether oxygens (including phenoxy) is 1. The summed E-state index contributed by atoms with van der Waals surface area (Å²) in [5, 5.41) is 2.78. The first-order valence-corrected chi connectivity index (χ1v) is 10.2. The topological polar surface area (TPSA) is 58.6 Å². The molecule has 0 aromatic heterocycles. The molecule has 2 amide bonds. The fraction of sp³-hybridized carbons (Fsp3) is 0.391. The Kier molecular flexibility index (Phi) is 5.90. The number of amides is 2. The number of anilines is 2. The fourth-order valence-corrected chi connectivity index (χ4v) is 4.05. The fourth-order valence-electron chi connectivity index (χ4n) is 4.05. The van der Waals surface area contributed by atoms with Gasteiger partial charge in [-0.1, -0.05) is 43.2 Å². The van der Waals surface area contributed by atoms with E-state index in [0.717, 1.165) is 37.7 Å². The predicted molar refractivity (Wildman–Crippen MR) is 109 cm³/mol. The maximum absolute atomic E-state index is 14.6. The molecule has 1 aliphatic heterocycles. The molecule has 29 heavy (non-hydrogen) atoms. The standard InChI is InChI=1S/C23H25FN2O3/c24-19-15-17(12-13-20(19)26-14-6-11-21(26)27)25-23(28)22(16-7-2-1-3-8-16)29-18-9-4-5-10-18/h1-3,7-8,12-13,15,18,22H,4-6,9-11,14H2,(H,25,28). The Hall–Kier alpha value is -2.73. The van der Waals surface area contributed by atoms with Crippen molar-refractivity contribution in [3.05, 3.63) is 59.9 Å². The molecule has 2 aromatic rings. The van der Waals surface area contributed by atoms with Crippen LogP contribution >= 0.6 is 0 Å². The minimum absolute atomic E-state index is 0.0613. The normalized spacial score (nSPS) is 18.2. The number of hydrogen-bond acceptors (Lipinski definition) is 3. The molecule has 0 bridgehead atoms. The molecular weight excluding hydrogens is 371 g/mol. The first-order chi connectivity index (χ1) is 14.1. The van der Waals surface area contributed by atoms with Crippen LogP contribution in [0.25, 0.3) is 0 Å². The average Bonchev–Trinajstić information content (AvgIpc) is 3.39. The zero-order valence-corrected chi connectivity index (χ0v) is 16.3. The van der Waals surface area contributed by atoms with Crippen LogP contribution in [0.2, 0.25) is 0 Å². The first kappa shape index (κ1) is 19.6. The van der Waals surface area contributed by atoms with Gasteiger partial charge in [0.05, 0.1) is 11.8 Å². The molecule has 2 aliphatic rings. The van der Waals surface area contributed by atoms with E-state index in [1.165, 1.54) is 11.0 Å². The second kappa shape index (κ2) is 8.74. The lowest BCUT2D eigenvalue weighted by Gasteiger charge is -2.22. The summed E-state index contributed by atoms with van der Waals surface area (Å²) < 4.78 is 20.7. The molecule has 1 aliphatic carbocycles. The summed E-state index contributed by atoms with van der Waals surface area (Å²) in [6.07, 6.45) is 4.59. The van der Waals surface area contributed by atoms with Gasteiger partial charge < -0.3 is 15.0 Å². The van der Waals surface area contributed by atoms with Gasteiger partial charge in [0, 0.05) is 18.7 Å². The molecule has 1 saturated heterocycles. The van der Waals surface area contributed by atoms with E-state index in [-0.39, 0.29) is 23.6 Å². The molecule has 2 aromatic carbocycles. The van der Waals surface area contributed by atoms with E-state index >= 15 is 0 Å². The lowest BCUT2D eigenvalue weighted by Crippen LogP contribution is -2.27. The molecule has 1 N–H and O–H groups in total. The van der Waals surface area contributed by atoms with E-state index in [2.05, 4.69) is 5.32 Å². The van der Waals surface area contributed by atoms with Crippen LogP contribution in [0.1, 0.15) is 50.2 Å². The number of benzene rings is 2. The number of carbonyl (C=O) groups is 2. The van der Waals surface area contributed by atoms with Gasteiger partial charge in [0.25, 0.3) is 5.91 Å². The second-order valence-corrected chi connectivity index (χ2v) is 7.64. The second-order valence-electron chi connectivity index (χ2n) is 7.64. The number of carbonyl (C=O) groups excluding carboxylic acids is 2. The van der Waals surface area contributed by atoms with Gasteiger partial charge in [0.15, 0.2) is 6.10 Å². The van der Waals surface area contributed by atoms with E-state index in [1.54, 1.807) is 12.1 Å². The maximum Gasteiger partial charge on any atom is 0.258 e. The van der Waals surface area contributed by atoms with Crippen LogP contribution in [-0.4, -0.2) is 24.5 Å². The summed E-state index contributed by atoms with van der Waals surface area (Å²) in [5.41, 5.74) is 1.38. The Labute approximate surface area is 169 Å². The molecule has 1 atom stereocenters. The average molecular weight is 396 g/mol. The van der Waals surface area contributed by atoms with Crippen LogP contribution in [0.5, 0.6) is 0 Å². The van der Waals surface area contributed by atoms with Crippen molar-refractivity contribution in [1.29, 1.82) is 0 Å². The molecule has 6 heteroatoms. The van der Waals surface area contributed by atoms with E-state index in [1.807, 2.05) is 30.3 Å². The van der Waals surface area contributed by atoms with Crippen molar-refractivity contribution in [1.82, 2.24) is 0 Å². The number of hydrogen-bond donors (Lipinski definition) is 1. The minimum Gasteiger partial charge on any atom is -0.360 e. The van der Waals surface area contributed by atoms with Crippen molar-refractivity contribution >= 4 is 23.2 Å². The monoisotopic (exact) mass is 396 g/mol. The summed E-state index contributed by atoms with van der Waals surface area (Å²) in [6.45, 7) is 0.521. The lowest BCUT2D eigenvalue weighted by molar-refractivity contribution is -0.131. The van der Waals surface area contributed by atoms with Crippen LogP contribution in [-0.2, 0) is 14.3 Å². The summed E-state index contributed by atoms with van der Waals surface area (Å²) in [7, 11) is 0. The lowest BCUT2D eigenvalue weighted by atomic mass is 10.1. The summed E-state index contributed by atoms with van der Waals surface area (Å²) in [6, 6.07) is 13.8. The van der Waals surface area contributed by atoms with Gasteiger partial charge in [-0.2, -0.15) is 0 Å². The highest BCUT2D eigenvalue weighted by atomic mass is 19.1. The number of nitrogens with one attached hydrogen (secondary N) is 1. The van der Waals surface area contributed by atoms with Gasteiger partial charge in [-0.15, -0.1) is 0 Å². The molecule has 1 heterocycles. The van der Waals surface area contributed by atoms with E-state index < -0.39 is 11.9 Å². The highest BCUT2D eigenvalue weighted by Gasteiger charge is 2.28. The Morgan fingerprint density at radius 1 is 1.10 bits per heavy atom. The van der Waals surface area contributed by atoms with Crippen LogP contribution in [0.15, 0.2) is 48.5 Å². The third-order valence-corrected chi connectivity index (χ3v) is 5.55. The molecule has 0 radical (unpaired) electrons. The van der Waals surface area contributed by atoms with E-state index in [0.29, 0.717) is 18.7 Å². The maximum atomic E-state index is 14.6. The van der Waals surface area contributed by atoms with E-state index in [9.17, 15) is 14.0 Å². The highest BCUT2D eigenvalue weighted by Crippen LogP contribution is 2.30. The summed E-state index contributed by atoms with van der Waals surface area (Å²) in [5.74, 6) is -0.923. The van der Waals surface area contributed by atoms with Crippen LogP contribution in [0.4, 0.5) is 15.8 Å². The van der Waals surface area contributed by atoms with Crippen LogP contribution in [0, 0.1) is 5.82 Å². The third-order valence-electron chi connectivity index (χ3n) is 5.55. The molecule has 1 unspecified atom stereocenters. The molecule has 152 valence electrons. The SMILES string of the molecule is O=C(Nc1ccc(N2CCCC2=O)c(F)c1)C(OC1CCCC1)c1ccccc1. The molecule has 2 fully saturated rings. The van der Waals surface area contributed by atoms with Crippen LogP contribution < -0.4 is 10.2 Å². The highest BCUT2D eigenvalue weighted by molar-refractivity contribution is 5.97. The van der Waals surface area contributed by atoms with Crippen molar-refractivity contribution in [2.45, 2.75) is 50.7 Å². The number of rotatable bonds is 6. The smallest absolute Gasteiger partial charge is 0.258 e. The summed E-state index contributed by atoms with van der Waals surface area (Å²) in [4.78, 5) is 26.3. The van der Waals surface area contributed by atoms with Gasteiger partial charge in [0.2, 0.25) is 5.91 Å². The van der Waals surface area contributed by atoms with Gasteiger partial charge in [0.1, 0.15) is 5.82 Å². The van der Waals surface area contributed by atoms with E-state index in [4.69, 9.17) is 4.74 Å².